The molecule has 1 aromatic carbocycles. The van der Waals surface area contributed by atoms with Gasteiger partial charge in [-0.3, -0.25) is 4.79 Å². The van der Waals surface area contributed by atoms with Gasteiger partial charge in [-0.25, -0.2) is 9.59 Å². The van der Waals surface area contributed by atoms with E-state index in [1.165, 1.54) is 7.11 Å². The predicted molar refractivity (Wildman–Crippen MR) is 136 cm³/mol. The Kier molecular flexibility index (Phi) is 10.6. The van der Waals surface area contributed by atoms with E-state index in [1.807, 2.05) is 40.7 Å². The van der Waals surface area contributed by atoms with E-state index in [4.69, 9.17) is 14.2 Å². The second kappa shape index (κ2) is 13.2. The molecule has 1 aliphatic heterocycles. The molecule has 0 bridgehead atoms. The molecule has 0 aromatic heterocycles. The highest BCUT2D eigenvalue weighted by Crippen LogP contribution is 2.42. The summed E-state index contributed by atoms with van der Waals surface area (Å²) in [4.78, 5) is 35.8. The number of hydrogen-bond donors (Lipinski definition) is 3. The molecule has 1 aliphatic rings. The lowest BCUT2D eigenvalue weighted by Crippen LogP contribution is -2.33. The maximum Gasteiger partial charge on any atom is 0.407 e. The maximum absolute atomic E-state index is 12.2. The minimum Gasteiger partial charge on any atom is -0.507 e. The van der Waals surface area contributed by atoms with Crippen LogP contribution < -0.4 is 15.4 Å². The first kappa shape index (κ1) is 29.0. The van der Waals surface area contributed by atoms with Crippen LogP contribution in [0.4, 0.5) is 4.79 Å². The molecular weight excluding hydrogens is 464 g/mol. The maximum atomic E-state index is 12.2. The van der Waals surface area contributed by atoms with Gasteiger partial charge in [-0.1, -0.05) is 11.6 Å². The Hall–Kier alpha value is -3.23. The molecule has 2 amide bonds. The number of amides is 2. The first-order valence-corrected chi connectivity index (χ1v) is 12.4. The number of ether oxygens (including phenoxy) is 3. The van der Waals surface area contributed by atoms with Crippen LogP contribution in [0.1, 0.15) is 86.8 Å². The van der Waals surface area contributed by atoms with Gasteiger partial charge in [-0.05, 0) is 72.3 Å². The third-order valence-corrected chi connectivity index (χ3v) is 5.89. The molecule has 0 atom stereocenters. The lowest BCUT2D eigenvalue weighted by molar-refractivity contribution is -0.121. The Morgan fingerprint density at radius 1 is 1.11 bits per heavy atom. The van der Waals surface area contributed by atoms with E-state index in [-0.39, 0.29) is 23.8 Å². The van der Waals surface area contributed by atoms with Crippen molar-refractivity contribution >= 4 is 18.0 Å². The van der Waals surface area contributed by atoms with Gasteiger partial charge in [0.2, 0.25) is 5.91 Å². The standard InChI is InChI=1S/C27H40N2O7/c1-17(10-12-19-23(31)22-20(16-35-25(22)32)18(2)24(19)34-6)11-13-21(30)28-14-8-7-9-15-29-26(33)36-27(3,4)5/h10,31H,7-9,11-16H2,1-6H3,(H,28,30)(H,29,33)/b17-10+. The molecule has 9 nitrogen and oxygen atoms in total. The number of alkyl carbamates (subject to hydrolysis) is 1. The van der Waals surface area contributed by atoms with Gasteiger partial charge in [-0.2, -0.15) is 0 Å². The average molecular weight is 505 g/mol. The monoisotopic (exact) mass is 504 g/mol. The van der Waals surface area contributed by atoms with Crippen LogP contribution in [-0.4, -0.2) is 48.9 Å². The molecule has 0 saturated carbocycles. The number of unbranched alkanes of at least 4 members (excludes halogenated alkanes) is 2. The van der Waals surface area contributed by atoms with Gasteiger partial charge in [0.05, 0.1) is 7.11 Å². The van der Waals surface area contributed by atoms with Crippen LogP contribution in [0.2, 0.25) is 0 Å². The number of methoxy groups -OCH3 is 1. The Labute approximate surface area is 213 Å². The number of cyclic esters (lactones) is 1. The van der Waals surface area contributed by atoms with Crippen molar-refractivity contribution in [3.8, 4) is 11.5 Å². The van der Waals surface area contributed by atoms with Crippen molar-refractivity contribution < 1.29 is 33.7 Å². The van der Waals surface area contributed by atoms with Crippen LogP contribution in [-0.2, 0) is 27.3 Å². The Balaban J connectivity index is 1.72. The zero-order chi connectivity index (χ0) is 26.9. The lowest BCUT2D eigenvalue weighted by atomic mass is 9.94. The van der Waals surface area contributed by atoms with Crippen molar-refractivity contribution in [3.63, 3.8) is 0 Å². The van der Waals surface area contributed by atoms with E-state index < -0.39 is 17.7 Å². The summed E-state index contributed by atoms with van der Waals surface area (Å²) >= 11 is 0. The largest absolute Gasteiger partial charge is 0.507 e. The van der Waals surface area contributed by atoms with E-state index in [0.717, 1.165) is 30.4 Å². The van der Waals surface area contributed by atoms with Gasteiger partial charge < -0.3 is 30.0 Å². The molecule has 2 rings (SSSR count). The summed E-state index contributed by atoms with van der Waals surface area (Å²) in [5.74, 6) is -0.0944. The third kappa shape index (κ3) is 8.46. The number of phenols is 1. The molecule has 0 spiro atoms. The van der Waals surface area contributed by atoms with E-state index in [2.05, 4.69) is 10.6 Å². The van der Waals surface area contributed by atoms with Crippen LogP contribution in [0.3, 0.4) is 0 Å². The van der Waals surface area contributed by atoms with Crippen LogP contribution >= 0.6 is 0 Å². The van der Waals surface area contributed by atoms with Crippen LogP contribution in [0.25, 0.3) is 0 Å². The zero-order valence-electron chi connectivity index (χ0n) is 22.3. The van der Waals surface area contributed by atoms with Crippen LogP contribution in [0, 0.1) is 6.92 Å². The summed E-state index contributed by atoms with van der Waals surface area (Å²) in [5, 5.41) is 16.3. The fourth-order valence-corrected chi connectivity index (χ4v) is 3.96. The van der Waals surface area contributed by atoms with Gasteiger partial charge in [0.25, 0.3) is 0 Å². The molecule has 0 aliphatic carbocycles. The number of hydrogen-bond acceptors (Lipinski definition) is 7. The first-order chi connectivity index (χ1) is 16.9. The minimum atomic E-state index is -0.522. The molecule has 1 heterocycles. The number of phenolic OH excluding ortho intramolecular Hbond substituents is 1. The highest BCUT2D eigenvalue weighted by Gasteiger charge is 2.31. The number of aromatic hydroxyl groups is 1. The molecule has 200 valence electrons. The quantitative estimate of drug-likeness (QED) is 0.218. The molecule has 0 radical (unpaired) electrons. The van der Waals surface area contributed by atoms with Gasteiger partial charge in [-0.15, -0.1) is 0 Å². The van der Waals surface area contributed by atoms with Crippen molar-refractivity contribution in [1.82, 2.24) is 10.6 Å². The van der Waals surface area contributed by atoms with Crippen molar-refractivity contribution in [2.75, 3.05) is 20.2 Å². The smallest absolute Gasteiger partial charge is 0.407 e. The second-order valence-corrected chi connectivity index (χ2v) is 10.0. The van der Waals surface area contributed by atoms with Gasteiger partial charge in [0, 0.05) is 30.6 Å². The molecule has 0 saturated heterocycles. The van der Waals surface area contributed by atoms with Crippen molar-refractivity contribution in [2.24, 2.45) is 0 Å². The number of nitrogens with one attached hydrogen (secondary N) is 2. The Morgan fingerprint density at radius 3 is 2.42 bits per heavy atom. The topological polar surface area (TPSA) is 123 Å². The number of fused-ring (bicyclic) bond motifs is 1. The van der Waals surface area contributed by atoms with E-state index >= 15 is 0 Å². The number of benzene rings is 1. The first-order valence-electron chi connectivity index (χ1n) is 12.4. The van der Waals surface area contributed by atoms with E-state index in [0.29, 0.717) is 49.2 Å². The average Bonchev–Trinajstić information content (AvgIpc) is 3.19. The Morgan fingerprint density at radius 2 is 1.78 bits per heavy atom. The number of rotatable bonds is 12. The second-order valence-electron chi connectivity index (χ2n) is 10.0. The highest BCUT2D eigenvalue weighted by atomic mass is 16.6. The van der Waals surface area contributed by atoms with Crippen molar-refractivity contribution in [3.05, 3.63) is 33.9 Å². The number of esters is 1. The molecule has 3 N–H and O–H groups in total. The molecule has 36 heavy (non-hydrogen) atoms. The van der Waals surface area contributed by atoms with E-state index in [9.17, 15) is 19.5 Å². The Bertz CT molecular complexity index is 993. The summed E-state index contributed by atoms with van der Waals surface area (Å²) in [6, 6.07) is 0. The summed E-state index contributed by atoms with van der Waals surface area (Å²) < 4.78 is 15.8. The normalized spacial score (nSPS) is 13.2. The minimum absolute atomic E-state index is 0.0221. The fourth-order valence-electron chi connectivity index (χ4n) is 3.96. The number of carbonyl (C=O) groups is 3. The van der Waals surface area contributed by atoms with Crippen LogP contribution in [0.5, 0.6) is 11.5 Å². The predicted octanol–water partition coefficient (Wildman–Crippen LogP) is 4.46. The molecular formula is C27H40N2O7. The van der Waals surface area contributed by atoms with Gasteiger partial charge >= 0.3 is 12.1 Å². The van der Waals surface area contributed by atoms with Crippen molar-refractivity contribution in [2.45, 2.75) is 85.4 Å². The summed E-state index contributed by atoms with van der Waals surface area (Å²) in [7, 11) is 1.54. The number of carbonyl (C=O) groups excluding carboxylic acids is 3. The van der Waals surface area contributed by atoms with Crippen LogP contribution in [0.15, 0.2) is 11.6 Å². The van der Waals surface area contributed by atoms with E-state index in [1.54, 1.807) is 0 Å². The van der Waals surface area contributed by atoms with Gasteiger partial charge in [0.15, 0.2) is 0 Å². The summed E-state index contributed by atoms with van der Waals surface area (Å²) in [6.45, 7) is 10.5. The van der Waals surface area contributed by atoms with Crippen molar-refractivity contribution in [1.29, 1.82) is 0 Å². The molecule has 9 heteroatoms. The fraction of sp³-hybridized carbons (Fsp3) is 0.593. The highest BCUT2D eigenvalue weighted by molar-refractivity contribution is 5.98. The number of allylic oxidation sites excluding steroid dienone is 2. The molecule has 1 aromatic rings. The summed E-state index contributed by atoms with van der Waals surface area (Å²) in [5.41, 5.74) is 2.70. The molecule has 0 fully saturated rings. The summed E-state index contributed by atoms with van der Waals surface area (Å²) in [6.07, 6.45) is 5.37. The zero-order valence-corrected chi connectivity index (χ0v) is 22.3. The third-order valence-electron chi connectivity index (χ3n) is 5.89. The molecule has 0 unspecified atom stereocenters. The lowest BCUT2D eigenvalue weighted by Gasteiger charge is -2.19. The SMILES string of the molecule is COc1c(C)c2c(c(O)c1C/C=C(\C)CCC(=O)NCCCCCNC(=O)OC(C)(C)C)C(=O)OC2. The van der Waals surface area contributed by atoms with Gasteiger partial charge in [0.1, 0.15) is 29.3 Å².